The fraction of sp³-hybridized carbons (Fsp3) is 0.817. The van der Waals surface area contributed by atoms with E-state index in [0.717, 1.165) is 18.0 Å². The molecule has 5 N–H and O–H groups in total. The number of allylic oxidation sites excluding steroid dienone is 2. The smallest absolute Gasteiger partial charge is 0.246 e. The van der Waals surface area contributed by atoms with E-state index in [2.05, 4.69) is 40.0 Å². The van der Waals surface area contributed by atoms with Crippen LogP contribution in [0.5, 0.6) is 0 Å². The van der Waals surface area contributed by atoms with Crippen LogP contribution in [-0.4, -0.2) is 261 Å². The van der Waals surface area contributed by atoms with Gasteiger partial charge < -0.3 is 65.6 Å². The first-order valence-electron chi connectivity index (χ1n) is 35.1. The van der Waals surface area contributed by atoms with Crippen molar-refractivity contribution in [3.05, 3.63) is 12.2 Å². The second-order valence-corrected chi connectivity index (χ2v) is 31.6. The summed E-state index contributed by atoms with van der Waals surface area (Å²) in [7, 11) is 10.2. The van der Waals surface area contributed by atoms with Crippen molar-refractivity contribution in [2.75, 3.05) is 74.7 Å². The summed E-state index contributed by atoms with van der Waals surface area (Å²) < 4.78 is -0.467. The molecule has 11 amide bonds. The second-order valence-electron chi connectivity index (χ2n) is 29.8. The van der Waals surface area contributed by atoms with Crippen molar-refractivity contribution >= 4 is 76.7 Å². The molecular formula is C71H130N12O12S. The van der Waals surface area contributed by atoms with Gasteiger partial charge in [-0.15, -0.1) is 0 Å². The molecule has 0 aromatic carbocycles. The number of hydrogen-bond acceptors (Lipinski definition) is 14. The quantitative estimate of drug-likeness (QED) is 0.0839. The van der Waals surface area contributed by atoms with E-state index in [9.17, 15) is 24.3 Å². The minimum Gasteiger partial charge on any atom is -0.390 e. The maximum atomic E-state index is 15.6. The van der Waals surface area contributed by atoms with Gasteiger partial charge in [-0.2, -0.15) is 11.8 Å². The highest BCUT2D eigenvalue weighted by Gasteiger charge is 2.47. The Morgan fingerprint density at radius 3 is 1.30 bits per heavy atom. The number of aliphatic hydroxyl groups excluding tert-OH is 1. The molecule has 0 spiro atoms. The molecule has 1 heterocycles. The molecule has 0 saturated carbocycles. The summed E-state index contributed by atoms with van der Waals surface area (Å²) in [5, 5.41) is 23.6. The first-order valence-corrected chi connectivity index (χ1v) is 36.0. The first kappa shape index (κ1) is 88.2. The van der Waals surface area contributed by atoms with E-state index in [1.807, 2.05) is 82.2 Å². The summed E-state index contributed by atoms with van der Waals surface area (Å²) in [5.74, 6) is -9.73. The average molecular weight is 1380 g/mol. The van der Waals surface area contributed by atoms with Crippen LogP contribution in [0.4, 0.5) is 0 Å². The number of nitrogens with zero attached hydrogens (tertiary/aromatic N) is 8. The van der Waals surface area contributed by atoms with Crippen LogP contribution in [0.3, 0.4) is 0 Å². The minimum absolute atomic E-state index is 0.00235. The summed E-state index contributed by atoms with van der Waals surface area (Å²) in [6.07, 6.45) is 2.97. The van der Waals surface area contributed by atoms with Gasteiger partial charge in [0.25, 0.3) is 0 Å². The molecule has 1 aliphatic heterocycles. The second kappa shape index (κ2) is 40.3. The zero-order valence-electron chi connectivity index (χ0n) is 64.1. The molecule has 552 valence electrons. The molecule has 24 nitrogen and oxygen atoms in total. The van der Waals surface area contributed by atoms with Crippen LogP contribution in [0, 0.1) is 41.4 Å². The van der Waals surface area contributed by atoms with E-state index in [0.29, 0.717) is 13.0 Å². The van der Waals surface area contributed by atoms with Gasteiger partial charge in [-0.05, 0) is 128 Å². The summed E-state index contributed by atoms with van der Waals surface area (Å²) in [6.45, 7) is 40.5. The highest BCUT2D eigenvalue weighted by Crippen LogP contribution is 2.30. The lowest BCUT2D eigenvalue weighted by molar-refractivity contribution is -0.157. The van der Waals surface area contributed by atoms with Crippen LogP contribution in [0.2, 0.25) is 0 Å². The zero-order valence-corrected chi connectivity index (χ0v) is 64.9. The molecule has 13 atom stereocenters. The van der Waals surface area contributed by atoms with Crippen LogP contribution in [-0.2, 0) is 52.7 Å². The highest BCUT2D eigenvalue weighted by atomic mass is 32.2. The van der Waals surface area contributed by atoms with Crippen LogP contribution >= 0.6 is 11.8 Å². The molecule has 96 heavy (non-hydrogen) atoms. The molecule has 1 rings (SSSR count). The van der Waals surface area contributed by atoms with Gasteiger partial charge in [-0.3, -0.25) is 52.7 Å². The first-order chi connectivity index (χ1) is 44.3. The van der Waals surface area contributed by atoms with Crippen molar-refractivity contribution in [2.24, 2.45) is 41.4 Å². The third-order valence-electron chi connectivity index (χ3n) is 18.5. The van der Waals surface area contributed by atoms with Gasteiger partial charge in [0, 0.05) is 66.4 Å². The molecule has 0 aromatic heterocycles. The third-order valence-corrected chi connectivity index (χ3v) is 19.9. The Kier molecular flexibility index (Phi) is 37.0. The molecule has 1 aliphatic rings. The Labute approximate surface area is 582 Å². The van der Waals surface area contributed by atoms with Gasteiger partial charge in [-0.25, -0.2) is 0 Å². The maximum absolute atomic E-state index is 15.6. The van der Waals surface area contributed by atoms with E-state index >= 15 is 33.6 Å². The zero-order chi connectivity index (χ0) is 74.5. The van der Waals surface area contributed by atoms with E-state index in [1.165, 1.54) is 104 Å². The van der Waals surface area contributed by atoms with Gasteiger partial charge in [0.2, 0.25) is 65.0 Å². The molecule has 0 aliphatic carbocycles. The standard InChI is InChI=1S/C71H130N12O12S/c1-29-33-34-47(17)59(84)58-63(88)74-50(30-2)65(90)80(26)55(39-96-71(20,21)40-83(31-3)32-4)68(93)76(22)52(36-42(7)8)62(87)75-56(45(13)14)69(94)77(23)51(35-41(5)6)61(86)72-48(18)60(85)73-49(19)64(89)78(24)53(37-43(9)10)66(91)79(25)54(38-44(11)12)67(92)81(27)57(46(15)16)70(95)82(58)28/h29,33,41-59,84H,30-32,34-40H2,1-28H3,(H,72,86)(H,73,85)(H,74,88)(H,75,87)/t47-,48-,49+,50-,51-,52+,53-,54-,55-,56-,57-,58-,59-/m1/s1. The van der Waals surface area contributed by atoms with Gasteiger partial charge in [-0.1, -0.05) is 123 Å². The number of thioether (sulfide) groups is 1. The number of hydrogen-bond donors (Lipinski definition) is 5. The lowest BCUT2D eigenvalue weighted by Gasteiger charge is -2.41. The summed E-state index contributed by atoms with van der Waals surface area (Å²) in [4.78, 5) is 176. The summed E-state index contributed by atoms with van der Waals surface area (Å²) in [5.41, 5.74) is 0. The number of likely N-dealkylation sites (N-methyl/N-ethyl adjacent to an activating group) is 7. The minimum atomic E-state index is -1.64. The van der Waals surface area contributed by atoms with Gasteiger partial charge in [0.1, 0.15) is 66.5 Å². The summed E-state index contributed by atoms with van der Waals surface area (Å²) in [6, 6.07) is -13.8. The van der Waals surface area contributed by atoms with Crippen molar-refractivity contribution in [1.82, 2.24) is 60.5 Å². The number of aliphatic hydroxyl groups is 1. The number of amides is 11. The highest BCUT2D eigenvalue weighted by molar-refractivity contribution is 8.00. The fourth-order valence-electron chi connectivity index (χ4n) is 12.3. The SMILES string of the molecule is CC=CC[C@@H](C)[C@@H](O)[C@@H]1C(=O)N[C@H](CC)C(=O)N(C)[C@H](CSC(C)(C)CN(CC)CC)C(=O)N(C)[C@@H](CC(C)C)C(=O)N[C@H](C(C)C)C(=O)N(C)[C@H](CC(C)C)C(=O)N[C@H](C)C(=O)N[C@@H](C)C(=O)N(C)[C@H](CC(C)C)C(=O)N(C)[C@H](CC(C)C)C(=O)N(C)[C@H](C(C)C)C(=O)N1C. The van der Waals surface area contributed by atoms with Gasteiger partial charge >= 0.3 is 0 Å². The Hall–Kier alpha value is -5.82. The molecule has 1 saturated heterocycles. The molecule has 0 bridgehead atoms. The monoisotopic (exact) mass is 1370 g/mol. The van der Waals surface area contributed by atoms with Crippen LogP contribution in [0.15, 0.2) is 12.2 Å². The predicted molar refractivity (Wildman–Crippen MR) is 382 cm³/mol. The normalized spacial score (nSPS) is 26.2. The largest absolute Gasteiger partial charge is 0.390 e. The van der Waals surface area contributed by atoms with Crippen LogP contribution in [0.25, 0.3) is 0 Å². The lowest BCUT2D eigenvalue weighted by atomic mass is 9.91. The number of carbonyl (C=O) groups is 11. The molecule has 0 aromatic rings. The number of carbonyl (C=O) groups excluding carboxylic acids is 11. The Morgan fingerprint density at radius 2 is 0.865 bits per heavy atom. The summed E-state index contributed by atoms with van der Waals surface area (Å²) >= 11 is 1.47. The van der Waals surface area contributed by atoms with Crippen LogP contribution in [0.1, 0.15) is 184 Å². The van der Waals surface area contributed by atoms with Gasteiger partial charge in [0.05, 0.1) is 6.10 Å². The molecule has 0 unspecified atom stereocenters. The van der Waals surface area contributed by atoms with E-state index in [-0.39, 0.29) is 61.5 Å². The maximum Gasteiger partial charge on any atom is 0.246 e. The Morgan fingerprint density at radius 1 is 0.469 bits per heavy atom. The van der Waals surface area contributed by atoms with Crippen molar-refractivity contribution in [3.8, 4) is 0 Å². The molecule has 1 fully saturated rings. The lowest BCUT2D eigenvalue weighted by Crippen LogP contribution is -2.64. The van der Waals surface area contributed by atoms with Crippen molar-refractivity contribution < 1.29 is 57.8 Å². The van der Waals surface area contributed by atoms with E-state index < -0.39 is 160 Å². The Bertz CT molecular complexity index is 2610. The Balaban J connectivity index is 4.62. The average Bonchev–Trinajstić information content (AvgIpc) is 0.815. The number of rotatable bonds is 22. The topological polar surface area (TPSA) is 282 Å². The molecule has 0 radical (unpaired) electrons. The van der Waals surface area contributed by atoms with Crippen molar-refractivity contribution in [2.45, 2.75) is 261 Å². The number of nitrogens with one attached hydrogen (secondary N) is 4. The van der Waals surface area contributed by atoms with E-state index in [1.54, 1.807) is 47.6 Å². The molecule has 25 heteroatoms. The van der Waals surface area contributed by atoms with Crippen molar-refractivity contribution in [3.63, 3.8) is 0 Å². The fourth-order valence-corrected chi connectivity index (χ4v) is 13.6. The predicted octanol–water partition coefficient (Wildman–Crippen LogP) is 5.49. The molecular weight excluding hydrogens is 1240 g/mol. The van der Waals surface area contributed by atoms with Crippen LogP contribution < -0.4 is 21.3 Å². The van der Waals surface area contributed by atoms with Gasteiger partial charge in [0.15, 0.2) is 0 Å². The van der Waals surface area contributed by atoms with E-state index in [4.69, 9.17) is 0 Å². The van der Waals surface area contributed by atoms with Crippen molar-refractivity contribution in [1.29, 1.82) is 0 Å². The third kappa shape index (κ3) is 25.2.